The summed E-state index contributed by atoms with van der Waals surface area (Å²) in [5.41, 5.74) is 2.56. The lowest BCUT2D eigenvalue weighted by atomic mass is 9.86. The van der Waals surface area contributed by atoms with Gasteiger partial charge < -0.3 is 14.2 Å². The van der Waals surface area contributed by atoms with Gasteiger partial charge in [-0.25, -0.2) is 13.8 Å². The number of hydrazone groups is 1. The zero-order valence-electron chi connectivity index (χ0n) is 17.1. The molecule has 1 unspecified atom stereocenters. The number of aromatic nitrogens is 1. The van der Waals surface area contributed by atoms with E-state index in [0.29, 0.717) is 49.7 Å². The number of methoxy groups -OCH3 is 1. The van der Waals surface area contributed by atoms with Gasteiger partial charge in [-0.2, -0.15) is 5.10 Å². The van der Waals surface area contributed by atoms with Gasteiger partial charge in [-0.3, -0.25) is 9.80 Å². The minimum absolute atomic E-state index is 0.141. The van der Waals surface area contributed by atoms with E-state index in [2.05, 4.69) is 10.1 Å². The van der Waals surface area contributed by atoms with Gasteiger partial charge in [0, 0.05) is 25.8 Å². The fourth-order valence-electron chi connectivity index (χ4n) is 3.77. The Balaban J connectivity index is 1.70. The van der Waals surface area contributed by atoms with Crippen LogP contribution in [0.15, 0.2) is 28.5 Å². The molecule has 3 rings (SSSR count). The van der Waals surface area contributed by atoms with Crippen molar-refractivity contribution >= 4 is 12.5 Å². The van der Waals surface area contributed by atoms with Gasteiger partial charge in [0.25, 0.3) is 6.43 Å². The van der Waals surface area contributed by atoms with Crippen molar-refractivity contribution in [3.05, 3.63) is 29.0 Å². The predicted octanol–water partition coefficient (Wildman–Crippen LogP) is 3.49. The van der Waals surface area contributed by atoms with Crippen molar-refractivity contribution in [1.82, 2.24) is 9.99 Å². The topological polar surface area (TPSA) is 73.2 Å². The fraction of sp³-hybridized carbons (Fsp3) is 0.571. The predicted molar refractivity (Wildman–Crippen MR) is 108 cm³/mol. The molecule has 2 heterocycles. The molecular formula is C21H27F2N3O4. The van der Waals surface area contributed by atoms with Crippen LogP contribution in [0.2, 0.25) is 0 Å². The maximum absolute atomic E-state index is 12.9. The van der Waals surface area contributed by atoms with Crippen LogP contribution in [0.1, 0.15) is 42.5 Å². The standard InChI is InChI=1S/C21H27F2N3O4/c1-28-8-9-29-21-10-16(13-27)19(11-24-21)30-14-15-4-2-3-5-17(15)18-6-7-25-26(18)12-20(22)23/h7,10-11,13,18,20H,2-6,8-9,12,14H2,1H3. The first-order chi connectivity index (χ1) is 14.6. The molecule has 0 radical (unpaired) electrons. The second-order valence-electron chi connectivity index (χ2n) is 7.21. The lowest BCUT2D eigenvalue weighted by Crippen LogP contribution is -2.34. The van der Waals surface area contributed by atoms with E-state index in [1.54, 1.807) is 13.3 Å². The summed E-state index contributed by atoms with van der Waals surface area (Å²) in [7, 11) is 1.57. The zero-order chi connectivity index (χ0) is 21.3. The molecule has 0 spiro atoms. The van der Waals surface area contributed by atoms with Crippen molar-refractivity contribution in [2.45, 2.75) is 44.6 Å². The Bertz CT molecular complexity index is 786. The number of nitrogens with zero attached hydrogens (tertiary/aromatic N) is 3. The number of hydrogen-bond donors (Lipinski definition) is 0. The minimum Gasteiger partial charge on any atom is -0.487 e. The lowest BCUT2D eigenvalue weighted by molar-refractivity contribution is 0.0808. The number of ether oxygens (including phenoxy) is 3. The van der Waals surface area contributed by atoms with Crippen LogP contribution < -0.4 is 9.47 Å². The Morgan fingerprint density at radius 1 is 1.27 bits per heavy atom. The molecule has 30 heavy (non-hydrogen) atoms. The number of alkyl halides is 2. The third kappa shape index (κ3) is 5.75. The summed E-state index contributed by atoms with van der Waals surface area (Å²) in [4.78, 5) is 15.7. The van der Waals surface area contributed by atoms with Crippen LogP contribution in [0.5, 0.6) is 11.6 Å². The first-order valence-corrected chi connectivity index (χ1v) is 10.1. The van der Waals surface area contributed by atoms with Crippen molar-refractivity contribution in [3.63, 3.8) is 0 Å². The van der Waals surface area contributed by atoms with Gasteiger partial charge in [0.1, 0.15) is 19.0 Å². The van der Waals surface area contributed by atoms with Crippen LogP contribution in [0.4, 0.5) is 8.78 Å². The van der Waals surface area contributed by atoms with Crippen molar-refractivity contribution in [1.29, 1.82) is 0 Å². The number of rotatable bonds is 11. The molecule has 7 nitrogen and oxygen atoms in total. The van der Waals surface area contributed by atoms with Crippen LogP contribution in [-0.4, -0.2) is 68.4 Å². The van der Waals surface area contributed by atoms with E-state index in [1.807, 2.05) is 0 Å². The van der Waals surface area contributed by atoms with E-state index >= 15 is 0 Å². The molecule has 2 aliphatic rings. The number of carbonyl (C=O) groups excluding carboxylic acids is 1. The third-order valence-electron chi connectivity index (χ3n) is 5.21. The monoisotopic (exact) mass is 423 g/mol. The first kappa shape index (κ1) is 22.1. The molecule has 0 fully saturated rings. The second kappa shape index (κ2) is 11.0. The van der Waals surface area contributed by atoms with Gasteiger partial charge in [-0.1, -0.05) is 0 Å². The number of halogens is 2. The molecule has 0 amide bonds. The summed E-state index contributed by atoms with van der Waals surface area (Å²) in [5.74, 6) is 0.693. The van der Waals surface area contributed by atoms with Gasteiger partial charge in [0.2, 0.25) is 5.88 Å². The SMILES string of the molecule is COCCOc1cc(C=O)c(OCC2=C(C3CC=NN3CC(F)F)CCCC2)cn1. The molecule has 0 bridgehead atoms. The normalized spacial score (nSPS) is 18.9. The van der Waals surface area contributed by atoms with Gasteiger partial charge in [0.05, 0.1) is 31.0 Å². The number of aldehydes is 1. The molecule has 9 heteroatoms. The van der Waals surface area contributed by atoms with E-state index in [9.17, 15) is 13.6 Å². The van der Waals surface area contributed by atoms with E-state index in [-0.39, 0.29) is 12.6 Å². The molecule has 0 saturated carbocycles. The van der Waals surface area contributed by atoms with Crippen LogP contribution in [0.3, 0.4) is 0 Å². The molecule has 164 valence electrons. The van der Waals surface area contributed by atoms with Gasteiger partial charge in [-0.15, -0.1) is 0 Å². The minimum atomic E-state index is -2.43. The van der Waals surface area contributed by atoms with Crippen LogP contribution >= 0.6 is 0 Å². The highest BCUT2D eigenvalue weighted by molar-refractivity contribution is 5.79. The maximum atomic E-state index is 12.9. The van der Waals surface area contributed by atoms with Gasteiger partial charge in [0.15, 0.2) is 6.29 Å². The highest BCUT2D eigenvalue weighted by atomic mass is 19.3. The van der Waals surface area contributed by atoms with E-state index in [4.69, 9.17) is 14.2 Å². The first-order valence-electron chi connectivity index (χ1n) is 10.1. The van der Waals surface area contributed by atoms with Crippen molar-refractivity contribution in [3.8, 4) is 11.6 Å². The quantitative estimate of drug-likeness (QED) is 0.308. The molecule has 1 aliphatic heterocycles. The zero-order valence-corrected chi connectivity index (χ0v) is 17.1. The van der Waals surface area contributed by atoms with Crippen LogP contribution in [0, 0.1) is 0 Å². The van der Waals surface area contributed by atoms with Gasteiger partial charge in [-0.05, 0) is 36.8 Å². The third-order valence-corrected chi connectivity index (χ3v) is 5.21. The van der Waals surface area contributed by atoms with E-state index in [1.165, 1.54) is 17.3 Å². The van der Waals surface area contributed by atoms with Gasteiger partial charge >= 0.3 is 0 Å². The molecule has 1 aromatic heterocycles. The van der Waals surface area contributed by atoms with Crippen molar-refractivity contribution < 1.29 is 27.8 Å². The van der Waals surface area contributed by atoms with Crippen molar-refractivity contribution in [2.24, 2.45) is 5.10 Å². The maximum Gasteiger partial charge on any atom is 0.257 e. The largest absolute Gasteiger partial charge is 0.487 e. The average molecular weight is 423 g/mol. The van der Waals surface area contributed by atoms with E-state index < -0.39 is 6.43 Å². The molecule has 1 aromatic rings. The Kier molecular flexibility index (Phi) is 8.12. The molecule has 0 saturated heterocycles. The fourth-order valence-corrected chi connectivity index (χ4v) is 3.77. The lowest BCUT2D eigenvalue weighted by Gasteiger charge is -2.30. The van der Waals surface area contributed by atoms with Crippen molar-refractivity contribution in [2.75, 3.05) is 33.5 Å². The molecule has 0 aromatic carbocycles. The van der Waals surface area contributed by atoms with E-state index in [0.717, 1.165) is 36.8 Å². The highest BCUT2D eigenvalue weighted by Crippen LogP contribution is 2.33. The number of pyridine rings is 1. The number of carbonyl (C=O) groups is 1. The summed E-state index contributed by atoms with van der Waals surface area (Å²) >= 11 is 0. The summed E-state index contributed by atoms with van der Waals surface area (Å²) < 4.78 is 42.1. The molecular weight excluding hydrogens is 396 g/mol. The Morgan fingerprint density at radius 2 is 2.10 bits per heavy atom. The Labute approximate surface area is 174 Å². The second-order valence-corrected chi connectivity index (χ2v) is 7.21. The van der Waals surface area contributed by atoms with Crippen LogP contribution in [-0.2, 0) is 4.74 Å². The summed E-state index contributed by atoms with van der Waals surface area (Å²) in [6, 6.07) is 1.39. The summed E-state index contributed by atoms with van der Waals surface area (Å²) in [6.07, 6.45) is 5.79. The summed E-state index contributed by atoms with van der Waals surface area (Å²) in [5, 5.41) is 5.61. The molecule has 1 aliphatic carbocycles. The Hall–Kier alpha value is -2.55. The molecule has 1 atom stereocenters. The number of hydrogen-bond acceptors (Lipinski definition) is 7. The Morgan fingerprint density at radius 3 is 2.87 bits per heavy atom. The highest BCUT2D eigenvalue weighted by Gasteiger charge is 2.30. The van der Waals surface area contributed by atoms with Crippen LogP contribution in [0.25, 0.3) is 0 Å². The molecule has 0 N–H and O–H groups in total. The smallest absolute Gasteiger partial charge is 0.257 e. The summed E-state index contributed by atoms with van der Waals surface area (Å²) in [6.45, 7) is 0.668. The average Bonchev–Trinajstić information content (AvgIpc) is 3.20.